The van der Waals surface area contributed by atoms with Gasteiger partial charge in [0.15, 0.2) is 0 Å². The summed E-state index contributed by atoms with van der Waals surface area (Å²) in [6.45, 7) is -0.307. The predicted octanol–water partition coefficient (Wildman–Crippen LogP) is -0.414. The molecule has 1 N–H and O–H groups in total. The summed E-state index contributed by atoms with van der Waals surface area (Å²) in [7, 11) is 0. The molecule has 0 aliphatic rings. The maximum absolute atomic E-state index is 12.1. The van der Waals surface area contributed by atoms with E-state index in [1.165, 1.54) is 0 Å². The fraction of sp³-hybridized carbons (Fsp3) is 1.00. The average molecular weight is 155 g/mol. The van der Waals surface area contributed by atoms with Gasteiger partial charge in [0.25, 0.3) is 0 Å². The van der Waals surface area contributed by atoms with Crippen LogP contribution in [0.25, 0.3) is 0 Å². The summed E-state index contributed by atoms with van der Waals surface area (Å²) in [5.41, 5.74) is 0. The maximum Gasteiger partial charge on any atom is 0.113 e. The molecule has 0 saturated heterocycles. The predicted molar refractivity (Wildman–Crippen MR) is 30.4 cm³/mol. The zero-order valence-electron chi connectivity index (χ0n) is 4.75. The Morgan fingerprint density at radius 3 is 2.67 bits per heavy atom. The number of aliphatic hydroxyl groups excluding tert-OH is 1. The zero-order valence-corrected chi connectivity index (χ0v) is 5.57. The Kier molecular flexibility index (Phi) is 4.84. The Labute approximate surface area is 55.2 Å². The first-order valence-corrected chi connectivity index (χ1v) is 3.72. The van der Waals surface area contributed by atoms with E-state index in [1.54, 1.807) is 0 Å². The molecule has 0 fully saturated rings. The van der Waals surface area contributed by atoms with E-state index in [0.717, 1.165) is 0 Å². The molecule has 0 bridgehead atoms. The van der Waals surface area contributed by atoms with Crippen molar-refractivity contribution in [1.82, 2.24) is 0 Å². The van der Waals surface area contributed by atoms with Crippen molar-refractivity contribution in [3.05, 3.63) is 0 Å². The third-order valence-electron chi connectivity index (χ3n) is 0.759. The molecule has 5 heteroatoms. The van der Waals surface area contributed by atoms with E-state index in [1.807, 2.05) is 0 Å². The van der Waals surface area contributed by atoms with Gasteiger partial charge < -0.3 is 9.66 Å². The van der Waals surface area contributed by atoms with E-state index in [9.17, 15) is 13.2 Å². The van der Waals surface area contributed by atoms with Crippen LogP contribution in [0.3, 0.4) is 0 Å². The van der Waals surface area contributed by atoms with Crippen molar-refractivity contribution in [2.75, 3.05) is 12.4 Å². The van der Waals surface area contributed by atoms with Gasteiger partial charge >= 0.3 is 0 Å². The van der Waals surface area contributed by atoms with Crippen LogP contribution in [0.1, 0.15) is 6.42 Å². The van der Waals surface area contributed by atoms with Gasteiger partial charge in [0.1, 0.15) is 6.17 Å². The van der Waals surface area contributed by atoms with Gasteiger partial charge in [-0.3, -0.25) is 4.21 Å². The van der Waals surface area contributed by atoms with Crippen LogP contribution >= 0.6 is 0 Å². The van der Waals surface area contributed by atoms with Gasteiger partial charge in [-0.1, -0.05) is 11.1 Å². The van der Waals surface area contributed by atoms with Crippen LogP contribution in [0.2, 0.25) is 0 Å². The summed E-state index contributed by atoms with van der Waals surface area (Å²) in [5, 5.41) is 8.11. The molecule has 2 atom stereocenters. The average Bonchev–Trinajstić information content (AvgIpc) is 1.63. The SMILES string of the molecule is O=S([O-])CC(F)CCO. The smallest absolute Gasteiger partial charge is 0.113 e. The molecular weight excluding hydrogens is 147 g/mol. The summed E-state index contributed by atoms with van der Waals surface area (Å²) < 4.78 is 31.6. The van der Waals surface area contributed by atoms with E-state index in [-0.39, 0.29) is 13.0 Å². The van der Waals surface area contributed by atoms with E-state index in [0.29, 0.717) is 0 Å². The van der Waals surface area contributed by atoms with Crippen molar-refractivity contribution in [1.29, 1.82) is 0 Å². The highest BCUT2D eigenvalue weighted by molar-refractivity contribution is 7.79. The molecule has 0 aliphatic carbocycles. The Bertz CT molecular complexity index is 97.8. The Morgan fingerprint density at radius 2 is 2.33 bits per heavy atom. The van der Waals surface area contributed by atoms with E-state index in [2.05, 4.69) is 0 Å². The highest BCUT2D eigenvalue weighted by Crippen LogP contribution is 1.97. The molecule has 0 spiro atoms. The molecule has 9 heavy (non-hydrogen) atoms. The number of rotatable bonds is 4. The van der Waals surface area contributed by atoms with Crippen molar-refractivity contribution in [2.24, 2.45) is 0 Å². The van der Waals surface area contributed by atoms with E-state index < -0.39 is 23.0 Å². The fourth-order valence-electron chi connectivity index (χ4n) is 0.371. The van der Waals surface area contributed by atoms with Crippen molar-refractivity contribution in [2.45, 2.75) is 12.6 Å². The summed E-state index contributed by atoms with van der Waals surface area (Å²) in [6.07, 6.45) is -1.53. The third kappa shape index (κ3) is 5.88. The molecule has 2 unspecified atom stereocenters. The first-order chi connectivity index (χ1) is 4.16. The van der Waals surface area contributed by atoms with Crippen LogP contribution in [0, 0.1) is 0 Å². The summed E-state index contributed by atoms with van der Waals surface area (Å²) >= 11 is -2.33. The number of alkyl halides is 1. The minimum atomic E-state index is -2.33. The quantitative estimate of drug-likeness (QED) is 0.561. The van der Waals surface area contributed by atoms with Crippen molar-refractivity contribution in [3.8, 4) is 0 Å². The molecule has 0 aromatic heterocycles. The third-order valence-corrected chi connectivity index (χ3v) is 1.39. The van der Waals surface area contributed by atoms with Gasteiger partial charge in [-0.2, -0.15) is 0 Å². The summed E-state index contributed by atoms with van der Waals surface area (Å²) in [6, 6.07) is 0. The number of aliphatic hydroxyl groups is 1. The molecule has 0 radical (unpaired) electrons. The van der Waals surface area contributed by atoms with Crippen LogP contribution in [-0.4, -0.2) is 32.4 Å². The standard InChI is InChI=1S/C4H9FO3S/c5-4(1-2-6)3-9(7)8/h4,6H,1-3H2,(H,7,8)/p-1. The Hall–Kier alpha value is -0.0000000000000000486. The van der Waals surface area contributed by atoms with Crippen LogP contribution < -0.4 is 0 Å². The molecule has 3 nitrogen and oxygen atoms in total. The Balaban J connectivity index is 3.26. The monoisotopic (exact) mass is 155 g/mol. The summed E-state index contributed by atoms with van der Waals surface area (Å²) in [4.78, 5) is 0. The fourth-order valence-corrected chi connectivity index (χ4v) is 0.833. The minimum Gasteiger partial charge on any atom is -0.772 e. The van der Waals surface area contributed by atoms with Gasteiger partial charge in [0.05, 0.1) is 0 Å². The largest absolute Gasteiger partial charge is 0.772 e. The molecule has 0 heterocycles. The van der Waals surface area contributed by atoms with Gasteiger partial charge in [-0.05, 0) is 0 Å². The molecule has 0 rings (SSSR count). The zero-order chi connectivity index (χ0) is 7.28. The maximum atomic E-state index is 12.1. The molecular formula is C4H8FO3S-. The molecule has 0 saturated carbocycles. The second-order valence-electron chi connectivity index (χ2n) is 1.58. The molecule has 0 aliphatic heterocycles. The molecule has 0 amide bonds. The van der Waals surface area contributed by atoms with Crippen molar-refractivity contribution < 1.29 is 18.3 Å². The molecule has 0 aromatic carbocycles. The lowest BCUT2D eigenvalue weighted by Crippen LogP contribution is -2.12. The minimum absolute atomic E-state index is 0.103. The number of hydrogen-bond acceptors (Lipinski definition) is 3. The van der Waals surface area contributed by atoms with Gasteiger partial charge in [0, 0.05) is 18.8 Å². The second-order valence-corrected chi connectivity index (χ2v) is 2.52. The molecule has 0 aromatic rings. The highest BCUT2D eigenvalue weighted by Gasteiger charge is 2.03. The van der Waals surface area contributed by atoms with E-state index >= 15 is 0 Å². The Morgan fingerprint density at radius 1 is 1.78 bits per heavy atom. The van der Waals surface area contributed by atoms with Gasteiger partial charge in [-0.25, -0.2) is 4.39 Å². The lowest BCUT2D eigenvalue weighted by Gasteiger charge is -2.07. The lowest BCUT2D eigenvalue weighted by molar-refractivity contribution is 0.231. The topological polar surface area (TPSA) is 60.4 Å². The second kappa shape index (κ2) is 4.84. The lowest BCUT2D eigenvalue weighted by atomic mass is 10.3. The van der Waals surface area contributed by atoms with Crippen LogP contribution in [0.5, 0.6) is 0 Å². The van der Waals surface area contributed by atoms with Gasteiger partial charge in [0.2, 0.25) is 0 Å². The highest BCUT2D eigenvalue weighted by atomic mass is 32.2. The van der Waals surface area contributed by atoms with E-state index in [4.69, 9.17) is 5.11 Å². The van der Waals surface area contributed by atoms with Crippen LogP contribution in [0.4, 0.5) is 4.39 Å². The van der Waals surface area contributed by atoms with Crippen molar-refractivity contribution >= 4 is 11.1 Å². The van der Waals surface area contributed by atoms with Gasteiger partial charge in [-0.15, -0.1) is 0 Å². The number of halogens is 1. The number of hydrogen-bond donors (Lipinski definition) is 1. The van der Waals surface area contributed by atoms with Crippen molar-refractivity contribution in [3.63, 3.8) is 0 Å². The first-order valence-electron chi connectivity index (χ1n) is 2.47. The summed E-state index contributed by atoms with van der Waals surface area (Å²) in [5.74, 6) is -0.513. The normalized spacial score (nSPS) is 17.2. The molecule has 56 valence electrons. The first kappa shape index (κ1) is 9.00. The van der Waals surface area contributed by atoms with Crippen LogP contribution in [0.15, 0.2) is 0 Å². The van der Waals surface area contributed by atoms with Crippen LogP contribution in [-0.2, 0) is 11.1 Å².